The van der Waals surface area contributed by atoms with Gasteiger partial charge in [-0.2, -0.15) is 0 Å². The van der Waals surface area contributed by atoms with Crippen molar-refractivity contribution in [3.63, 3.8) is 0 Å². The Morgan fingerprint density at radius 1 is 1.21 bits per heavy atom. The number of likely N-dealkylation sites (N-methyl/N-ethyl adjacent to an activating group) is 1. The van der Waals surface area contributed by atoms with E-state index < -0.39 is 5.97 Å². The van der Waals surface area contributed by atoms with Crippen LogP contribution in [0, 0.1) is 0 Å². The van der Waals surface area contributed by atoms with E-state index in [1.807, 2.05) is 0 Å². The normalized spacial score (nSPS) is 13.3. The van der Waals surface area contributed by atoms with Crippen LogP contribution in [0.15, 0.2) is 0 Å². The van der Waals surface area contributed by atoms with Crippen LogP contribution in [0.4, 0.5) is 0 Å². The van der Waals surface area contributed by atoms with Crippen LogP contribution in [0.5, 0.6) is 0 Å². The van der Waals surface area contributed by atoms with E-state index in [1.165, 1.54) is 33.0 Å². The molecule has 1 atom stereocenters. The van der Waals surface area contributed by atoms with Gasteiger partial charge in [0.2, 0.25) is 0 Å². The summed E-state index contributed by atoms with van der Waals surface area (Å²) in [5, 5.41) is 9.36. The average Bonchev–Trinajstić information content (AvgIpc) is 2.37. The lowest BCUT2D eigenvalue weighted by Crippen LogP contribution is -2.46. The summed E-state index contributed by atoms with van der Waals surface area (Å²) >= 11 is 0. The zero-order chi connectivity index (χ0) is 15.1. The number of methoxy groups -OCH3 is 1. The van der Waals surface area contributed by atoms with Crippen molar-refractivity contribution in [2.75, 3.05) is 53.6 Å². The summed E-state index contributed by atoms with van der Waals surface area (Å²) in [4.78, 5) is 9.36. The fraction of sp³-hybridized carbons (Fsp3) is 0.929. The third kappa shape index (κ3) is 15.3. The molecule has 0 spiro atoms. The van der Waals surface area contributed by atoms with Crippen molar-refractivity contribution < 1.29 is 23.9 Å². The lowest BCUT2D eigenvalue weighted by molar-refractivity contribution is -0.908. The minimum absolute atomic E-state index is 0.319. The SMILES string of the molecule is CCCC[N+](C)(CC)CCOCC.COCC(=O)[O-]. The molecule has 0 aliphatic rings. The first-order valence-electron chi connectivity index (χ1n) is 7.05. The number of hydrogen-bond donors (Lipinski definition) is 0. The highest BCUT2D eigenvalue weighted by Crippen LogP contribution is 2.04. The van der Waals surface area contributed by atoms with Crippen LogP contribution in [-0.2, 0) is 14.3 Å². The Kier molecular flexibility index (Phi) is 15.0. The summed E-state index contributed by atoms with van der Waals surface area (Å²) in [5.74, 6) is -1.18. The summed E-state index contributed by atoms with van der Waals surface area (Å²) in [6.07, 6.45) is 2.62. The Balaban J connectivity index is 0. The van der Waals surface area contributed by atoms with Crippen LogP contribution >= 0.6 is 0 Å². The second kappa shape index (κ2) is 13.8. The quantitative estimate of drug-likeness (QED) is 0.435. The molecule has 0 heterocycles. The van der Waals surface area contributed by atoms with Crippen molar-refractivity contribution in [3.05, 3.63) is 0 Å². The van der Waals surface area contributed by atoms with Gasteiger partial charge in [-0.3, -0.25) is 0 Å². The van der Waals surface area contributed by atoms with Gasteiger partial charge in [-0.25, -0.2) is 0 Å². The molecule has 0 rings (SSSR count). The molecule has 5 nitrogen and oxygen atoms in total. The topological polar surface area (TPSA) is 58.6 Å². The number of quaternary nitrogens is 1. The minimum atomic E-state index is -1.18. The van der Waals surface area contributed by atoms with Crippen LogP contribution in [0.3, 0.4) is 0 Å². The zero-order valence-electron chi connectivity index (χ0n) is 13.2. The fourth-order valence-corrected chi connectivity index (χ4v) is 1.51. The molecular formula is C14H31NO4. The van der Waals surface area contributed by atoms with Crippen LogP contribution in [0.1, 0.15) is 33.6 Å². The van der Waals surface area contributed by atoms with Crippen molar-refractivity contribution in [1.29, 1.82) is 0 Å². The number of nitrogens with zero attached hydrogens (tertiary/aromatic N) is 1. The van der Waals surface area contributed by atoms with E-state index in [1.54, 1.807) is 0 Å². The number of carboxylic acids is 1. The predicted octanol–water partition coefficient (Wildman–Crippen LogP) is 0.672. The number of carboxylic acid groups (broad SMARTS) is 1. The van der Waals surface area contributed by atoms with Crippen LogP contribution in [-0.4, -0.2) is 64.1 Å². The molecule has 0 N–H and O–H groups in total. The maximum atomic E-state index is 9.36. The second-order valence-corrected chi connectivity index (χ2v) is 4.74. The van der Waals surface area contributed by atoms with E-state index in [-0.39, 0.29) is 6.61 Å². The van der Waals surface area contributed by atoms with Crippen LogP contribution in [0.2, 0.25) is 0 Å². The third-order valence-corrected chi connectivity index (χ3v) is 3.06. The Morgan fingerprint density at radius 3 is 2.16 bits per heavy atom. The number of carbonyl (C=O) groups is 1. The highest BCUT2D eigenvalue weighted by Gasteiger charge is 2.17. The Hall–Kier alpha value is -0.650. The number of carbonyl (C=O) groups excluding carboxylic acids is 1. The van der Waals surface area contributed by atoms with Crippen molar-refractivity contribution >= 4 is 5.97 Å². The van der Waals surface area contributed by atoms with Crippen LogP contribution in [0.25, 0.3) is 0 Å². The van der Waals surface area contributed by atoms with Gasteiger partial charge in [0.05, 0.1) is 39.3 Å². The second-order valence-electron chi connectivity index (χ2n) is 4.74. The molecule has 0 saturated heterocycles. The fourth-order valence-electron chi connectivity index (χ4n) is 1.51. The molecule has 1 unspecified atom stereocenters. The van der Waals surface area contributed by atoms with Crippen LogP contribution < -0.4 is 5.11 Å². The van der Waals surface area contributed by atoms with E-state index in [0.29, 0.717) is 0 Å². The van der Waals surface area contributed by atoms with Crippen molar-refractivity contribution in [2.24, 2.45) is 0 Å². The maximum Gasteiger partial charge on any atom is 0.102 e. The molecule has 0 saturated carbocycles. The summed E-state index contributed by atoms with van der Waals surface area (Å²) in [6.45, 7) is 11.7. The molecule has 0 aromatic rings. The smallest absolute Gasteiger partial charge is 0.102 e. The molecule has 0 radical (unpaired) electrons. The van der Waals surface area contributed by atoms with E-state index in [2.05, 4.69) is 32.6 Å². The van der Waals surface area contributed by atoms with Gasteiger partial charge >= 0.3 is 0 Å². The average molecular weight is 277 g/mol. The van der Waals surface area contributed by atoms with E-state index >= 15 is 0 Å². The Morgan fingerprint density at radius 2 is 1.84 bits per heavy atom. The molecule has 116 valence electrons. The van der Waals surface area contributed by atoms with Crippen molar-refractivity contribution in [3.8, 4) is 0 Å². The summed E-state index contributed by atoms with van der Waals surface area (Å²) in [6, 6.07) is 0. The zero-order valence-corrected chi connectivity index (χ0v) is 13.2. The molecule has 0 bridgehead atoms. The van der Waals surface area contributed by atoms with Gasteiger partial charge in [-0.15, -0.1) is 0 Å². The number of ether oxygens (including phenoxy) is 2. The van der Waals surface area contributed by atoms with E-state index in [0.717, 1.165) is 24.2 Å². The summed E-state index contributed by atoms with van der Waals surface area (Å²) in [5.41, 5.74) is 0. The third-order valence-electron chi connectivity index (χ3n) is 3.06. The van der Waals surface area contributed by atoms with Gasteiger partial charge in [0.1, 0.15) is 6.54 Å². The lowest BCUT2D eigenvalue weighted by atomic mass is 10.2. The molecule has 0 amide bonds. The Labute approximate surface area is 118 Å². The standard InChI is InChI=1S/C11H26NO.C3H6O3/c1-5-8-9-12(4,6-2)10-11-13-7-3;1-6-2-3(4)5/h5-11H2,1-4H3;2H2,1H3,(H,4,5)/q+1;/p-1. The van der Waals surface area contributed by atoms with Crippen molar-refractivity contribution in [2.45, 2.75) is 33.6 Å². The van der Waals surface area contributed by atoms with E-state index in [9.17, 15) is 9.90 Å². The molecule has 0 fully saturated rings. The molecule has 0 aromatic carbocycles. The number of aliphatic carboxylic acids is 1. The van der Waals surface area contributed by atoms with Gasteiger partial charge in [-0.1, -0.05) is 13.3 Å². The molecule has 5 heteroatoms. The molecular weight excluding hydrogens is 246 g/mol. The number of unbranched alkanes of at least 4 members (excludes halogenated alkanes) is 1. The predicted molar refractivity (Wildman–Crippen MR) is 74.7 cm³/mol. The molecule has 0 aromatic heterocycles. The molecule has 0 aliphatic heterocycles. The maximum absolute atomic E-state index is 9.36. The molecule has 0 aliphatic carbocycles. The first-order valence-corrected chi connectivity index (χ1v) is 7.05. The number of hydrogen-bond acceptors (Lipinski definition) is 4. The summed E-state index contributed by atoms with van der Waals surface area (Å²) in [7, 11) is 3.63. The van der Waals surface area contributed by atoms with Gasteiger partial charge in [0.25, 0.3) is 0 Å². The largest absolute Gasteiger partial charge is 0.548 e. The minimum Gasteiger partial charge on any atom is -0.548 e. The lowest BCUT2D eigenvalue weighted by Gasteiger charge is -2.33. The van der Waals surface area contributed by atoms with Crippen molar-refractivity contribution in [1.82, 2.24) is 0 Å². The monoisotopic (exact) mass is 277 g/mol. The van der Waals surface area contributed by atoms with Gasteiger partial charge in [0.15, 0.2) is 0 Å². The first-order chi connectivity index (χ1) is 8.95. The number of rotatable bonds is 10. The van der Waals surface area contributed by atoms with Gasteiger partial charge in [0, 0.05) is 13.7 Å². The van der Waals surface area contributed by atoms with E-state index in [4.69, 9.17) is 4.74 Å². The highest BCUT2D eigenvalue weighted by molar-refractivity contribution is 5.65. The van der Waals surface area contributed by atoms with Gasteiger partial charge in [-0.05, 0) is 20.3 Å². The van der Waals surface area contributed by atoms with Gasteiger partial charge < -0.3 is 23.9 Å². The highest BCUT2D eigenvalue weighted by atomic mass is 16.5. The Bertz CT molecular complexity index is 212. The first kappa shape index (κ1) is 20.7. The summed E-state index contributed by atoms with van der Waals surface area (Å²) < 4.78 is 10.7. The molecule has 19 heavy (non-hydrogen) atoms.